The molecule has 1 aromatic carbocycles. The van der Waals surface area contributed by atoms with Gasteiger partial charge in [0.15, 0.2) is 5.78 Å². The van der Waals surface area contributed by atoms with Crippen LogP contribution in [0.2, 0.25) is 0 Å². The summed E-state index contributed by atoms with van der Waals surface area (Å²) in [7, 11) is -4.87. The number of hydrogen-bond donors (Lipinski definition) is 4. The molecule has 0 spiro atoms. The molecule has 5 N–H and O–H groups in total. The lowest BCUT2D eigenvalue weighted by Crippen LogP contribution is -2.36. The number of Topliss-reactive ketones (excluding diaryl/α,β-unsaturated/α-hetero) is 1. The quantitative estimate of drug-likeness (QED) is 0.343. The van der Waals surface area contributed by atoms with Crippen molar-refractivity contribution in [3.8, 4) is 0 Å². The Morgan fingerprint density at radius 1 is 1.25 bits per heavy atom. The normalized spacial score (nSPS) is 12.6. The number of carbonyl (C=O) groups excluding carboxylic acids is 1. The van der Waals surface area contributed by atoms with Gasteiger partial charge in [-0.15, -0.1) is 0 Å². The summed E-state index contributed by atoms with van der Waals surface area (Å²) in [6.07, 6.45) is -3.29. The molecule has 0 aliphatic heterocycles. The summed E-state index contributed by atoms with van der Waals surface area (Å²) in [5.74, 6) is -0.740. The van der Waals surface area contributed by atoms with Crippen molar-refractivity contribution in [1.82, 2.24) is 5.06 Å². The van der Waals surface area contributed by atoms with Gasteiger partial charge in [0.25, 0.3) is 0 Å². The highest BCUT2D eigenvalue weighted by molar-refractivity contribution is 7.46. The minimum atomic E-state index is -4.87. The van der Waals surface area contributed by atoms with E-state index in [1.54, 1.807) is 30.3 Å². The fourth-order valence-corrected chi connectivity index (χ4v) is 2.25. The molecular formula is C13H19N2O8P. The SMILES string of the molecule is NCC(OP(=O)(O)O)C(=O)CCN(OCc1ccccc1)C(=O)O. The first-order valence-electron chi connectivity index (χ1n) is 6.87. The summed E-state index contributed by atoms with van der Waals surface area (Å²) in [6, 6.07) is 8.80. The van der Waals surface area contributed by atoms with Gasteiger partial charge in [-0.05, 0) is 5.56 Å². The Kier molecular flexibility index (Phi) is 7.99. The second-order valence-corrected chi connectivity index (χ2v) is 5.87. The molecule has 0 aromatic heterocycles. The fraction of sp³-hybridized carbons (Fsp3) is 0.385. The Morgan fingerprint density at radius 2 is 1.88 bits per heavy atom. The van der Waals surface area contributed by atoms with Gasteiger partial charge in [-0.1, -0.05) is 30.3 Å². The van der Waals surface area contributed by atoms with Crippen LogP contribution in [0.5, 0.6) is 0 Å². The number of benzene rings is 1. The minimum Gasteiger partial charge on any atom is -0.463 e. The first-order chi connectivity index (χ1) is 11.2. The number of hydrogen-bond acceptors (Lipinski definition) is 6. The van der Waals surface area contributed by atoms with Crippen molar-refractivity contribution in [3.05, 3.63) is 35.9 Å². The Morgan fingerprint density at radius 3 is 2.38 bits per heavy atom. The topological polar surface area (TPSA) is 160 Å². The summed E-state index contributed by atoms with van der Waals surface area (Å²) in [5, 5.41) is 9.62. The number of nitrogens with two attached hydrogens (primary N) is 1. The van der Waals surface area contributed by atoms with Crippen LogP contribution in [0.1, 0.15) is 12.0 Å². The summed E-state index contributed by atoms with van der Waals surface area (Å²) in [4.78, 5) is 45.4. The van der Waals surface area contributed by atoms with E-state index in [1.807, 2.05) is 0 Å². The predicted molar refractivity (Wildman–Crippen MR) is 81.6 cm³/mol. The highest BCUT2D eigenvalue weighted by atomic mass is 31.2. The molecular weight excluding hydrogens is 343 g/mol. The van der Waals surface area contributed by atoms with Gasteiger partial charge in [0.05, 0.1) is 6.54 Å². The van der Waals surface area contributed by atoms with E-state index < -0.39 is 32.3 Å². The zero-order valence-electron chi connectivity index (χ0n) is 12.6. The third kappa shape index (κ3) is 7.64. The van der Waals surface area contributed by atoms with E-state index in [0.29, 0.717) is 5.06 Å². The third-order valence-electron chi connectivity index (χ3n) is 2.84. The number of phosphoric acid groups is 1. The maximum absolute atomic E-state index is 11.8. The van der Waals surface area contributed by atoms with Crippen LogP contribution in [0.15, 0.2) is 30.3 Å². The van der Waals surface area contributed by atoms with Gasteiger partial charge >= 0.3 is 13.9 Å². The summed E-state index contributed by atoms with van der Waals surface area (Å²) in [6.45, 7) is -0.787. The van der Waals surface area contributed by atoms with E-state index >= 15 is 0 Å². The molecule has 1 atom stereocenters. The maximum atomic E-state index is 11.8. The number of carbonyl (C=O) groups is 2. The van der Waals surface area contributed by atoms with Gasteiger partial charge in [0, 0.05) is 13.0 Å². The highest BCUT2D eigenvalue weighted by Gasteiger charge is 2.27. The van der Waals surface area contributed by atoms with Gasteiger partial charge in [0.2, 0.25) is 0 Å². The summed E-state index contributed by atoms with van der Waals surface area (Å²) < 4.78 is 15.0. The number of ketones is 1. The van der Waals surface area contributed by atoms with Crippen molar-refractivity contribution in [2.45, 2.75) is 19.1 Å². The van der Waals surface area contributed by atoms with Gasteiger partial charge < -0.3 is 20.6 Å². The predicted octanol–water partition coefficient (Wildman–Crippen LogP) is 0.494. The van der Waals surface area contributed by atoms with E-state index in [2.05, 4.69) is 4.52 Å². The Bertz CT molecular complexity index is 591. The van der Waals surface area contributed by atoms with Crippen LogP contribution in [0, 0.1) is 0 Å². The largest absolute Gasteiger partial charge is 0.470 e. The van der Waals surface area contributed by atoms with E-state index in [9.17, 15) is 14.2 Å². The average molecular weight is 362 g/mol. The zero-order chi connectivity index (χ0) is 18.2. The monoisotopic (exact) mass is 362 g/mol. The molecule has 1 amide bonds. The molecule has 0 aliphatic carbocycles. The molecule has 0 fully saturated rings. The number of amides is 1. The standard InChI is InChI=1S/C13H19N2O8P/c14-8-12(23-24(19,20)21)11(16)6-7-15(13(17)18)22-9-10-4-2-1-3-5-10/h1-5,12H,6-9,14H2,(H,17,18)(H2,19,20,21). The van der Waals surface area contributed by atoms with Gasteiger partial charge in [-0.2, -0.15) is 5.06 Å². The minimum absolute atomic E-state index is 0.0133. The second-order valence-electron chi connectivity index (χ2n) is 4.68. The van der Waals surface area contributed by atoms with Crippen molar-refractivity contribution in [1.29, 1.82) is 0 Å². The molecule has 0 aliphatic rings. The Labute approximate surface area is 138 Å². The summed E-state index contributed by atoms with van der Waals surface area (Å²) >= 11 is 0. The van der Waals surface area contributed by atoms with Crippen LogP contribution in [0.3, 0.4) is 0 Å². The van der Waals surface area contributed by atoms with Crippen molar-refractivity contribution < 1.29 is 38.4 Å². The lowest BCUT2D eigenvalue weighted by molar-refractivity contribution is -0.147. The van der Waals surface area contributed by atoms with Gasteiger partial charge in [0.1, 0.15) is 12.7 Å². The van der Waals surface area contributed by atoms with Gasteiger partial charge in [-0.3, -0.25) is 14.2 Å². The molecule has 24 heavy (non-hydrogen) atoms. The van der Waals surface area contributed by atoms with E-state index in [4.69, 9.17) is 25.5 Å². The molecule has 1 unspecified atom stereocenters. The molecule has 1 rings (SSSR count). The number of hydroxylamine groups is 2. The number of nitrogens with zero attached hydrogens (tertiary/aromatic N) is 1. The molecule has 0 radical (unpaired) electrons. The van der Waals surface area contributed by atoms with Crippen LogP contribution in [0.25, 0.3) is 0 Å². The van der Waals surface area contributed by atoms with Crippen molar-refractivity contribution in [2.24, 2.45) is 5.73 Å². The molecule has 0 saturated heterocycles. The van der Waals surface area contributed by atoms with E-state index in [-0.39, 0.29) is 19.6 Å². The van der Waals surface area contributed by atoms with Gasteiger partial charge in [-0.25, -0.2) is 9.36 Å². The zero-order valence-corrected chi connectivity index (χ0v) is 13.5. The highest BCUT2D eigenvalue weighted by Crippen LogP contribution is 2.37. The Balaban J connectivity index is 2.54. The second kappa shape index (κ2) is 9.48. The van der Waals surface area contributed by atoms with Crippen LogP contribution in [0.4, 0.5) is 4.79 Å². The van der Waals surface area contributed by atoms with E-state index in [1.165, 1.54) is 0 Å². The molecule has 0 bridgehead atoms. The van der Waals surface area contributed by atoms with Crippen LogP contribution >= 0.6 is 7.82 Å². The number of rotatable bonds is 10. The Hall–Kier alpha value is -1.81. The van der Waals surface area contributed by atoms with E-state index in [0.717, 1.165) is 5.56 Å². The molecule has 0 saturated carbocycles. The van der Waals surface area contributed by atoms with Crippen molar-refractivity contribution >= 4 is 19.7 Å². The fourth-order valence-electron chi connectivity index (χ4n) is 1.71. The van der Waals surface area contributed by atoms with Crippen LogP contribution < -0.4 is 5.73 Å². The van der Waals surface area contributed by atoms with Crippen molar-refractivity contribution in [3.63, 3.8) is 0 Å². The number of phosphoric ester groups is 1. The molecule has 11 heteroatoms. The van der Waals surface area contributed by atoms with Crippen molar-refractivity contribution in [2.75, 3.05) is 13.1 Å². The molecule has 0 heterocycles. The lowest BCUT2D eigenvalue weighted by atomic mass is 10.2. The average Bonchev–Trinajstić information content (AvgIpc) is 2.52. The molecule has 10 nitrogen and oxygen atoms in total. The van der Waals surface area contributed by atoms with Crippen LogP contribution in [-0.2, 0) is 25.3 Å². The first kappa shape index (κ1) is 20.2. The summed E-state index contributed by atoms with van der Waals surface area (Å²) in [5.41, 5.74) is 5.97. The number of carboxylic acid groups (broad SMARTS) is 1. The first-order valence-corrected chi connectivity index (χ1v) is 8.40. The lowest BCUT2D eigenvalue weighted by Gasteiger charge is -2.20. The molecule has 1 aromatic rings. The smallest absolute Gasteiger partial charge is 0.463 e. The maximum Gasteiger partial charge on any atom is 0.470 e. The van der Waals surface area contributed by atoms with Crippen LogP contribution in [-0.4, -0.2) is 51.0 Å². The third-order valence-corrected chi connectivity index (χ3v) is 3.37. The molecule has 134 valence electrons.